The summed E-state index contributed by atoms with van der Waals surface area (Å²) in [6, 6.07) is 4.21. The molecule has 1 N–H and O–H groups in total. The van der Waals surface area contributed by atoms with Crippen molar-refractivity contribution in [3.8, 4) is 0 Å². The molecule has 0 bridgehead atoms. The lowest BCUT2D eigenvalue weighted by atomic mass is 9.89. The van der Waals surface area contributed by atoms with Crippen LogP contribution in [0.5, 0.6) is 0 Å². The first-order valence-electron chi connectivity index (χ1n) is 7.80. The summed E-state index contributed by atoms with van der Waals surface area (Å²) in [5, 5.41) is 10.6. The molecule has 5 nitrogen and oxygen atoms in total. The Kier molecular flexibility index (Phi) is 4.64. The van der Waals surface area contributed by atoms with E-state index in [1.54, 1.807) is 11.8 Å². The van der Waals surface area contributed by atoms with Crippen LogP contribution in [0.3, 0.4) is 0 Å². The Morgan fingerprint density at radius 2 is 2.09 bits per heavy atom. The van der Waals surface area contributed by atoms with Crippen molar-refractivity contribution in [2.75, 3.05) is 43.9 Å². The van der Waals surface area contributed by atoms with Crippen molar-refractivity contribution < 1.29 is 9.84 Å². The van der Waals surface area contributed by atoms with Crippen molar-refractivity contribution in [3.63, 3.8) is 0 Å². The summed E-state index contributed by atoms with van der Waals surface area (Å²) in [6.45, 7) is 8.40. The summed E-state index contributed by atoms with van der Waals surface area (Å²) in [5.41, 5.74) is 1.09. The van der Waals surface area contributed by atoms with E-state index in [2.05, 4.69) is 40.8 Å². The van der Waals surface area contributed by atoms with Gasteiger partial charge in [0.15, 0.2) is 0 Å². The van der Waals surface area contributed by atoms with E-state index in [-0.39, 0.29) is 17.7 Å². The second-order valence-electron chi connectivity index (χ2n) is 6.58. The zero-order valence-electron chi connectivity index (χ0n) is 13.5. The summed E-state index contributed by atoms with van der Waals surface area (Å²) < 4.78 is 6.04. The number of pyridine rings is 1. The first kappa shape index (κ1) is 16.1. The number of aliphatic hydroxyl groups is 1. The molecule has 0 spiro atoms. The van der Waals surface area contributed by atoms with Gasteiger partial charge < -0.3 is 14.7 Å². The summed E-state index contributed by atoms with van der Waals surface area (Å²) in [7, 11) is 0. The molecule has 122 valence electrons. The molecule has 3 rings (SSSR count). The second kappa shape index (κ2) is 6.35. The van der Waals surface area contributed by atoms with Gasteiger partial charge in [0.25, 0.3) is 0 Å². The maximum atomic E-state index is 9.56. The van der Waals surface area contributed by atoms with Gasteiger partial charge in [-0.05, 0) is 32.2 Å². The number of aromatic nitrogens is 1. The Labute approximate surface area is 136 Å². The van der Waals surface area contributed by atoms with Gasteiger partial charge in [0, 0.05) is 31.7 Å². The van der Waals surface area contributed by atoms with Gasteiger partial charge in [-0.1, -0.05) is 0 Å². The highest BCUT2D eigenvalue weighted by Crippen LogP contribution is 2.30. The zero-order chi connectivity index (χ0) is 15.7. The fourth-order valence-corrected chi connectivity index (χ4v) is 3.48. The fourth-order valence-electron chi connectivity index (χ4n) is 3.12. The third kappa shape index (κ3) is 3.11. The number of rotatable bonds is 4. The molecule has 22 heavy (non-hydrogen) atoms. The third-order valence-electron chi connectivity index (χ3n) is 4.83. The van der Waals surface area contributed by atoms with Crippen molar-refractivity contribution >= 4 is 17.4 Å². The largest absolute Gasteiger partial charge is 0.390 e. The summed E-state index contributed by atoms with van der Waals surface area (Å²) in [5.74, 6) is 0. The van der Waals surface area contributed by atoms with Gasteiger partial charge in [-0.2, -0.15) is 0 Å². The molecule has 0 radical (unpaired) electrons. The van der Waals surface area contributed by atoms with Gasteiger partial charge >= 0.3 is 0 Å². The van der Waals surface area contributed by atoms with E-state index in [1.165, 1.54) is 0 Å². The van der Waals surface area contributed by atoms with Crippen LogP contribution in [-0.4, -0.2) is 71.8 Å². The van der Waals surface area contributed by atoms with Gasteiger partial charge in [0.05, 0.1) is 35.7 Å². The molecule has 0 amide bonds. The Balaban J connectivity index is 1.68. The van der Waals surface area contributed by atoms with Crippen molar-refractivity contribution in [1.29, 1.82) is 0 Å². The predicted molar refractivity (Wildman–Crippen MR) is 89.6 cm³/mol. The first-order valence-corrected chi connectivity index (χ1v) is 9.03. The molecule has 3 heterocycles. The first-order chi connectivity index (χ1) is 10.5. The van der Waals surface area contributed by atoms with E-state index in [0.29, 0.717) is 0 Å². The molecule has 0 aliphatic carbocycles. The van der Waals surface area contributed by atoms with E-state index in [9.17, 15) is 5.11 Å². The van der Waals surface area contributed by atoms with E-state index in [4.69, 9.17) is 4.74 Å². The maximum Gasteiger partial charge on any atom is 0.0958 e. The highest BCUT2D eigenvalue weighted by molar-refractivity contribution is 7.98. The number of anilines is 1. The SMILES string of the molecule is CSc1ccc(N2CCO[C@H](C(C)(C)N3CC(O)C3)C2)cn1. The highest BCUT2D eigenvalue weighted by atomic mass is 32.2. The molecule has 0 unspecified atom stereocenters. The topological polar surface area (TPSA) is 48.8 Å². The molecule has 0 aromatic carbocycles. The van der Waals surface area contributed by atoms with Crippen LogP contribution in [0.4, 0.5) is 5.69 Å². The minimum Gasteiger partial charge on any atom is -0.390 e. The summed E-state index contributed by atoms with van der Waals surface area (Å²) >= 11 is 1.66. The average Bonchev–Trinajstić information content (AvgIpc) is 2.52. The number of likely N-dealkylation sites (tertiary alicyclic amines) is 1. The maximum absolute atomic E-state index is 9.56. The smallest absolute Gasteiger partial charge is 0.0958 e. The van der Waals surface area contributed by atoms with Crippen molar-refractivity contribution in [2.24, 2.45) is 0 Å². The lowest BCUT2D eigenvalue weighted by Crippen LogP contribution is -2.67. The number of hydrogen-bond acceptors (Lipinski definition) is 6. The van der Waals surface area contributed by atoms with Crippen LogP contribution in [0.25, 0.3) is 0 Å². The van der Waals surface area contributed by atoms with Gasteiger partial charge in [-0.25, -0.2) is 4.98 Å². The second-order valence-corrected chi connectivity index (χ2v) is 7.40. The van der Waals surface area contributed by atoms with Crippen LogP contribution in [0.2, 0.25) is 0 Å². The standard InChI is InChI=1S/C16H25N3O2S/c1-16(2,19-9-13(20)10-19)14-11-18(6-7-21-14)12-4-5-15(22-3)17-8-12/h4-5,8,13-14,20H,6-7,9-11H2,1-3H3/t14-/m0/s1. The Bertz CT molecular complexity index is 503. The number of aliphatic hydroxyl groups excluding tert-OH is 1. The molecule has 2 aliphatic heterocycles. The van der Waals surface area contributed by atoms with Gasteiger partial charge in [0.2, 0.25) is 0 Å². The van der Waals surface area contributed by atoms with Crippen molar-refractivity contribution in [2.45, 2.75) is 36.6 Å². The van der Waals surface area contributed by atoms with E-state index in [0.717, 1.165) is 43.5 Å². The Morgan fingerprint density at radius 1 is 1.32 bits per heavy atom. The molecule has 2 fully saturated rings. The van der Waals surface area contributed by atoms with Crippen LogP contribution in [0.15, 0.2) is 23.4 Å². The lowest BCUT2D eigenvalue weighted by Gasteiger charge is -2.52. The molecular formula is C16H25N3O2S. The number of β-amino-alcohol motifs (C(OH)–C–C–N with tert-alkyl or cyclic N) is 1. The number of thioether (sulfide) groups is 1. The van der Waals surface area contributed by atoms with Crippen LogP contribution in [0.1, 0.15) is 13.8 Å². The third-order valence-corrected chi connectivity index (χ3v) is 5.49. The molecule has 2 saturated heterocycles. The van der Waals surface area contributed by atoms with E-state index < -0.39 is 0 Å². The minimum absolute atomic E-state index is 0.0649. The minimum atomic E-state index is -0.178. The average molecular weight is 323 g/mol. The normalized spacial score (nSPS) is 24.4. The quantitative estimate of drug-likeness (QED) is 0.847. The molecule has 1 atom stereocenters. The van der Waals surface area contributed by atoms with Crippen molar-refractivity contribution in [3.05, 3.63) is 18.3 Å². The monoisotopic (exact) mass is 323 g/mol. The Morgan fingerprint density at radius 3 is 2.68 bits per heavy atom. The lowest BCUT2D eigenvalue weighted by molar-refractivity contribution is -0.121. The number of hydrogen-bond donors (Lipinski definition) is 1. The van der Waals surface area contributed by atoms with Gasteiger partial charge in [-0.15, -0.1) is 11.8 Å². The number of morpholine rings is 1. The van der Waals surface area contributed by atoms with Gasteiger partial charge in [-0.3, -0.25) is 4.90 Å². The van der Waals surface area contributed by atoms with E-state index >= 15 is 0 Å². The molecular weight excluding hydrogens is 298 g/mol. The van der Waals surface area contributed by atoms with Crippen LogP contribution in [0, 0.1) is 0 Å². The van der Waals surface area contributed by atoms with Crippen LogP contribution >= 0.6 is 11.8 Å². The predicted octanol–water partition coefficient (Wildman–Crippen LogP) is 1.46. The Hall–Kier alpha value is -0.820. The molecule has 1 aromatic rings. The summed E-state index contributed by atoms with van der Waals surface area (Å²) in [4.78, 5) is 9.13. The van der Waals surface area contributed by atoms with Crippen LogP contribution < -0.4 is 4.90 Å². The molecule has 2 aliphatic rings. The van der Waals surface area contributed by atoms with Crippen LogP contribution in [-0.2, 0) is 4.74 Å². The van der Waals surface area contributed by atoms with E-state index in [1.807, 2.05) is 12.5 Å². The zero-order valence-corrected chi connectivity index (χ0v) is 14.3. The number of ether oxygens (including phenoxy) is 1. The van der Waals surface area contributed by atoms with Crippen molar-refractivity contribution in [1.82, 2.24) is 9.88 Å². The molecule has 1 aromatic heterocycles. The highest BCUT2D eigenvalue weighted by Gasteiger charge is 2.44. The van der Waals surface area contributed by atoms with Gasteiger partial charge in [0.1, 0.15) is 0 Å². The fraction of sp³-hybridized carbons (Fsp3) is 0.688. The molecule has 0 saturated carbocycles. The summed E-state index contributed by atoms with van der Waals surface area (Å²) in [6.07, 6.45) is 3.95. The molecule has 6 heteroatoms. The number of nitrogens with zero attached hydrogens (tertiary/aromatic N) is 3.